The molecule has 0 atom stereocenters. The van der Waals surface area contributed by atoms with Crippen LogP contribution in [-0.4, -0.2) is 10.4 Å². The van der Waals surface area contributed by atoms with Gasteiger partial charge in [0.15, 0.2) is 5.76 Å². The van der Waals surface area contributed by atoms with Crippen molar-refractivity contribution in [3.63, 3.8) is 0 Å². The zero-order valence-electron chi connectivity index (χ0n) is 8.75. The lowest BCUT2D eigenvalue weighted by molar-refractivity contribution is 0.342. The first kappa shape index (κ1) is 10.6. The predicted molar refractivity (Wildman–Crippen MR) is 55.0 cm³/mol. The lowest BCUT2D eigenvalue weighted by Crippen LogP contribution is -2.19. The third-order valence-corrected chi connectivity index (χ3v) is 1.96. The monoisotopic (exact) mass is 200 g/mol. The van der Waals surface area contributed by atoms with Crippen molar-refractivity contribution in [2.24, 2.45) is 0 Å². The van der Waals surface area contributed by atoms with E-state index in [9.17, 15) is 0 Å². The highest BCUT2D eigenvalue weighted by Gasteiger charge is 2.31. The number of hydrogen-bond acceptors (Lipinski definition) is 4. The maximum absolute atomic E-state index is 5.12. The van der Waals surface area contributed by atoms with Crippen LogP contribution in [0.4, 0.5) is 0 Å². The zero-order chi connectivity index (χ0) is 10.3. The first-order valence-electron chi connectivity index (χ1n) is 4.28. The van der Waals surface area contributed by atoms with Crippen LogP contribution in [0.5, 0.6) is 0 Å². The molecule has 0 aromatic carbocycles. The fourth-order valence-electron chi connectivity index (χ4n) is 1.08. The van der Waals surface area contributed by atoms with Crippen LogP contribution < -0.4 is 0 Å². The van der Waals surface area contributed by atoms with Crippen molar-refractivity contribution in [2.45, 2.75) is 44.8 Å². The van der Waals surface area contributed by atoms with Crippen molar-refractivity contribution in [3.05, 3.63) is 11.5 Å². The Labute approximate surface area is 84.3 Å². The van der Waals surface area contributed by atoms with Crippen LogP contribution in [0.2, 0.25) is 0 Å². The average molecular weight is 200 g/mol. The molecule has 0 fully saturated rings. The van der Waals surface area contributed by atoms with E-state index in [0.29, 0.717) is 0 Å². The molecule has 74 valence electrons. The third kappa shape index (κ3) is 2.24. The van der Waals surface area contributed by atoms with E-state index in [2.05, 4.69) is 43.8 Å². The molecule has 0 bridgehead atoms. The van der Waals surface area contributed by atoms with Crippen LogP contribution in [0, 0.1) is 0 Å². The molecule has 1 rings (SSSR count). The van der Waals surface area contributed by atoms with Gasteiger partial charge in [0.1, 0.15) is 5.69 Å². The van der Waals surface area contributed by atoms with E-state index in [0.717, 1.165) is 11.5 Å². The Morgan fingerprint density at radius 3 is 2.00 bits per heavy atom. The minimum atomic E-state index is -0.327. The Hall–Kier alpha value is -0.510. The first-order valence-corrected chi connectivity index (χ1v) is 4.73. The van der Waals surface area contributed by atoms with Crippen molar-refractivity contribution in [3.8, 4) is 0 Å². The van der Waals surface area contributed by atoms with E-state index < -0.39 is 0 Å². The number of hydrogen-bond donors (Lipinski definition) is 1. The maximum atomic E-state index is 5.12. The van der Waals surface area contributed by atoms with Crippen LogP contribution in [0.3, 0.4) is 0 Å². The van der Waals surface area contributed by atoms with Gasteiger partial charge in [-0.1, -0.05) is 20.8 Å². The highest BCUT2D eigenvalue weighted by Crippen LogP contribution is 2.34. The summed E-state index contributed by atoms with van der Waals surface area (Å²) >= 11 is 4.44. The summed E-state index contributed by atoms with van der Waals surface area (Å²) in [5, 5.41) is 7.57. The summed E-state index contributed by atoms with van der Waals surface area (Å²) in [5.41, 5.74) is 0.836. The molecule has 0 radical (unpaired) electrons. The van der Waals surface area contributed by atoms with E-state index in [4.69, 9.17) is 4.52 Å². The second kappa shape index (κ2) is 3.01. The summed E-state index contributed by atoms with van der Waals surface area (Å²) in [6.45, 7) is 10.2. The molecule has 0 spiro atoms. The van der Waals surface area contributed by atoms with Crippen molar-refractivity contribution in [2.75, 3.05) is 0 Å². The summed E-state index contributed by atoms with van der Waals surface area (Å²) in [6.07, 6.45) is 0. The molecule has 0 aliphatic carbocycles. The largest absolute Gasteiger partial charge is 0.340 e. The first-order chi connectivity index (χ1) is 5.73. The van der Waals surface area contributed by atoms with E-state index in [-0.39, 0.29) is 10.2 Å². The molecule has 1 aromatic rings. The molecule has 1 heterocycles. The standard InChI is InChI=1S/C9H16N2OS/c1-8(2,3)6-7(9(4,5)13)12-11-10-6/h13H,1-5H3. The molecule has 0 saturated carbocycles. The molecular formula is C9H16N2OS. The molecule has 0 unspecified atom stereocenters. The number of rotatable bonds is 1. The fourth-order valence-corrected chi connectivity index (χ4v) is 1.23. The van der Waals surface area contributed by atoms with Gasteiger partial charge in [-0.25, -0.2) is 0 Å². The summed E-state index contributed by atoms with van der Waals surface area (Å²) in [6, 6.07) is 0. The molecule has 0 saturated heterocycles. The van der Waals surface area contributed by atoms with Crippen LogP contribution in [0.1, 0.15) is 46.1 Å². The summed E-state index contributed by atoms with van der Waals surface area (Å²) in [5.74, 6) is 0.753. The van der Waals surface area contributed by atoms with Crippen LogP contribution >= 0.6 is 12.6 Å². The molecule has 4 heteroatoms. The molecule has 1 aromatic heterocycles. The summed E-state index contributed by atoms with van der Waals surface area (Å²) in [4.78, 5) is 0. The minimum Gasteiger partial charge on any atom is -0.340 e. The van der Waals surface area contributed by atoms with Crippen molar-refractivity contribution in [1.82, 2.24) is 10.4 Å². The Morgan fingerprint density at radius 2 is 1.69 bits per heavy atom. The van der Waals surface area contributed by atoms with E-state index in [1.807, 2.05) is 13.8 Å². The number of aromatic nitrogens is 2. The van der Waals surface area contributed by atoms with E-state index in [1.165, 1.54) is 0 Å². The fraction of sp³-hybridized carbons (Fsp3) is 0.778. The van der Waals surface area contributed by atoms with Gasteiger partial charge >= 0.3 is 0 Å². The Bertz CT molecular complexity index is 265. The molecule has 3 nitrogen and oxygen atoms in total. The molecular weight excluding hydrogens is 184 g/mol. The highest BCUT2D eigenvalue weighted by molar-refractivity contribution is 7.81. The number of nitrogens with zero attached hydrogens (tertiary/aromatic N) is 2. The topological polar surface area (TPSA) is 38.9 Å². The van der Waals surface area contributed by atoms with Gasteiger partial charge in [-0.15, -0.1) is 5.10 Å². The van der Waals surface area contributed by atoms with Crippen molar-refractivity contribution in [1.29, 1.82) is 0 Å². The Kier molecular flexibility index (Phi) is 2.45. The quantitative estimate of drug-likeness (QED) is 0.708. The van der Waals surface area contributed by atoms with Crippen molar-refractivity contribution >= 4 is 12.6 Å². The SMILES string of the molecule is CC(C)(C)c1nnoc1C(C)(C)S. The van der Waals surface area contributed by atoms with Gasteiger partial charge in [0, 0.05) is 10.7 Å². The van der Waals surface area contributed by atoms with Gasteiger partial charge in [0.25, 0.3) is 0 Å². The van der Waals surface area contributed by atoms with Gasteiger partial charge in [0.05, 0.1) is 4.75 Å². The van der Waals surface area contributed by atoms with Crippen molar-refractivity contribution < 1.29 is 4.52 Å². The van der Waals surface area contributed by atoms with Crippen LogP contribution in [0.25, 0.3) is 0 Å². The maximum Gasteiger partial charge on any atom is 0.176 e. The minimum absolute atomic E-state index is 0.0463. The molecule has 0 aliphatic rings. The van der Waals surface area contributed by atoms with Gasteiger partial charge < -0.3 is 4.52 Å². The molecule has 13 heavy (non-hydrogen) atoms. The number of thiol groups is 1. The van der Waals surface area contributed by atoms with Gasteiger partial charge in [-0.2, -0.15) is 12.6 Å². The lowest BCUT2D eigenvalue weighted by atomic mass is 9.88. The third-order valence-electron chi connectivity index (χ3n) is 1.75. The second-order valence-electron chi connectivity index (χ2n) is 4.76. The Morgan fingerprint density at radius 1 is 1.15 bits per heavy atom. The highest BCUT2D eigenvalue weighted by atomic mass is 32.1. The molecule has 0 N–H and O–H groups in total. The zero-order valence-corrected chi connectivity index (χ0v) is 9.64. The van der Waals surface area contributed by atoms with Crippen LogP contribution in [-0.2, 0) is 10.2 Å². The molecule has 0 aliphatic heterocycles. The Balaban J connectivity index is 3.19. The van der Waals surface area contributed by atoms with Crippen LogP contribution in [0.15, 0.2) is 4.52 Å². The lowest BCUT2D eigenvalue weighted by Gasteiger charge is -2.20. The van der Waals surface area contributed by atoms with E-state index >= 15 is 0 Å². The smallest absolute Gasteiger partial charge is 0.176 e. The summed E-state index contributed by atoms with van der Waals surface area (Å²) < 4.78 is 4.79. The summed E-state index contributed by atoms with van der Waals surface area (Å²) in [7, 11) is 0. The average Bonchev–Trinajstić information content (AvgIpc) is 2.27. The normalized spacial score (nSPS) is 13.4. The van der Waals surface area contributed by atoms with Gasteiger partial charge in [-0.05, 0) is 13.8 Å². The van der Waals surface area contributed by atoms with Gasteiger partial charge in [-0.3, -0.25) is 0 Å². The van der Waals surface area contributed by atoms with E-state index in [1.54, 1.807) is 0 Å². The molecule has 0 amide bonds. The van der Waals surface area contributed by atoms with Gasteiger partial charge in [0.2, 0.25) is 0 Å². The predicted octanol–water partition coefficient (Wildman–Crippen LogP) is 2.53. The second-order valence-corrected chi connectivity index (χ2v) is 5.88.